The Kier molecular flexibility index (Phi) is 5.12. The van der Waals surface area contributed by atoms with Gasteiger partial charge < -0.3 is 15.2 Å². The molecule has 3 nitrogen and oxygen atoms in total. The summed E-state index contributed by atoms with van der Waals surface area (Å²) in [5.74, 6) is 1.86. The van der Waals surface area contributed by atoms with Crippen LogP contribution in [0.25, 0.3) is 0 Å². The quantitative estimate of drug-likeness (QED) is 0.753. The highest BCUT2D eigenvalue weighted by Crippen LogP contribution is 2.29. The van der Waals surface area contributed by atoms with E-state index in [-0.39, 0.29) is 0 Å². The maximum Gasteiger partial charge on any atom is 0.122 e. The van der Waals surface area contributed by atoms with Gasteiger partial charge in [0, 0.05) is 0 Å². The zero-order valence-electron chi connectivity index (χ0n) is 10.4. The molecule has 0 atom stereocenters. The molecule has 2 N–H and O–H groups in total. The molecule has 0 aliphatic rings. The zero-order chi connectivity index (χ0) is 12.0. The van der Waals surface area contributed by atoms with E-state index in [1.54, 1.807) is 14.2 Å². The second kappa shape index (κ2) is 6.38. The summed E-state index contributed by atoms with van der Waals surface area (Å²) in [6.07, 6.45) is 3.11. The Bertz CT molecular complexity index is 337. The second-order valence-corrected chi connectivity index (χ2v) is 3.88. The van der Waals surface area contributed by atoms with E-state index >= 15 is 0 Å². The van der Waals surface area contributed by atoms with Crippen molar-refractivity contribution in [1.29, 1.82) is 0 Å². The topological polar surface area (TPSA) is 44.5 Å². The minimum atomic E-state index is 0.741. The molecule has 0 fully saturated rings. The van der Waals surface area contributed by atoms with Crippen molar-refractivity contribution in [2.75, 3.05) is 20.8 Å². The first-order valence-corrected chi connectivity index (χ1v) is 5.64. The minimum absolute atomic E-state index is 0.741. The first-order chi connectivity index (χ1) is 7.72. The number of unbranched alkanes of at least 4 members (excludes halogenated alkanes) is 1. The molecule has 0 saturated carbocycles. The molecule has 0 aliphatic heterocycles. The van der Waals surface area contributed by atoms with Crippen LogP contribution in [-0.4, -0.2) is 20.8 Å². The van der Waals surface area contributed by atoms with Gasteiger partial charge in [0.2, 0.25) is 0 Å². The standard InChI is InChI=1S/C13H21NO2/c1-10-8-13(16-3)11(6-4-5-7-14)9-12(10)15-2/h8-9H,4-7,14H2,1-3H3. The van der Waals surface area contributed by atoms with Crippen LogP contribution in [0.3, 0.4) is 0 Å². The third-order valence-corrected chi connectivity index (χ3v) is 2.70. The van der Waals surface area contributed by atoms with Crippen molar-refractivity contribution in [1.82, 2.24) is 0 Å². The van der Waals surface area contributed by atoms with Crippen LogP contribution < -0.4 is 15.2 Å². The van der Waals surface area contributed by atoms with Crippen molar-refractivity contribution in [2.24, 2.45) is 5.73 Å². The third-order valence-electron chi connectivity index (χ3n) is 2.70. The molecular weight excluding hydrogens is 202 g/mol. The SMILES string of the molecule is COc1cc(CCCCN)c(OC)cc1C. The predicted octanol–water partition coefficient (Wildman–Crippen LogP) is 2.29. The summed E-state index contributed by atoms with van der Waals surface area (Å²) in [6, 6.07) is 4.08. The number of hydrogen-bond donors (Lipinski definition) is 1. The van der Waals surface area contributed by atoms with Crippen LogP contribution >= 0.6 is 0 Å². The average Bonchev–Trinajstić information content (AvgIpc) is 2.30. The lowest BCUT2D eigenvalue weighted by atomic mass is 10.0. The lowest BCUT2D eigenvalue weighted by Gasteiger charge is -2.12. The number of methoxy groups -OCH3 is 2. The molecule has 0 heterocycles. The Morgan fingerprint density at radius 1 is 1.06 bits per heavy atom. The Balaban J connectivity index is 2.86. The highest BCUT2D eigenvalue weighted by Gasteiger charge is 2.07. The highest BCUT2D eigenvalue weighted by molar-refractivity contribution is 5.45. The van der Waals surface area contributed by atoms with Gasteiger partial charge in [-0.1, -0.05) is 0 Å². The Labute approximate surface area is 97.6 Å². The van der Waals surface area contributed by atoms with Crippen molar-refractivity contribution in [3.05, 3.63) is 23.3 Å². The zero-order valence-corrected chi connectivity index (χ0v) is 10.4. The first kappa shape index (κ1) is 12.8. The summed E-state index contributed by atoms with van der Waals surface area (Å²) in [7, 11) is 3.39. The lowest BCUT2D eigenvalue weighted by Crippen LogP contribution is -2.01. The monoisotopic (exact) mass is 223 g/mol. The number of ether oxygens (including phenoxy) is 2. The summed E-state index contributed by atoms with van der Waals surface area (Å²) < 4.78 is 10.7. The molecule has 0 aliphatic carbocycles. The lowest BCUT2D eigenvalue weighted by molar-refractivity contribution is 0.396. The number of nitrogens with two attached hydrogens (primary N) is 1. The molecule has 16 heavy (non-hydrogen) atoms. The molecule has 90 valence electrons. The minimum Gasteiger partial charge on any atom is -0.496 e. The van der Waals surface area contributed by atoms with Gasteiger partial charge in [0.1, 0.15) is 11.5 Å². The van der Waals surface area contributed by atoms with Gasteiger partial charge in [0.15, 0.2) is 0 Å². The van der Waals surface area contributed by atoms with Gasteiger partial charge in [-0.05, 0) is 56.0 Å². The fourth-order valence-electron chi connectivity index (χ4n) is 1.77. The molecular formula is C13H21NO2. The number of hydrogen-bond acceptors (Lipinski definition) is 3. The number of rotatable bonds is 6. The average molecular weight is 223 g/mol. The summed E-state index contributed by atoms with van der Waals surface area (Å²) in [4.78, 5) is 0. The molecule has 0 amide bonds. The van der Waals surface area contributed by atoms with Crippen LogP contribution in [0, 0.1) is 6.92 Å². The smallest absolute Gasteiger partial charge is 0.122 e. The van der Waals surface area contributed by atoms with E-state index in [0.29, 0.717) is 0 Å². The molecule has 0 unspecified atom stereocenters. The van der Waals surface area contributed by atoms with E-state index in [9.17, 15) is 0 Å². The highest BCUT2D eigenvalue weighted by atomic mass is 16.5. The van der Waals surface area contributed by atoms with Crippen LogP contribution in [0.4, 0.5) is 0 Å². The van der Waals surface area contributed by atoms with Crippen molar-refractivity contribution < 1.29 is 9.47 Å². The molecule has 0 radical (unpaired) electrons. The maximum absolute atomic E-state index is 5.49. The maximum atomic E-state index is 5.49. The van der Waals surface area contributed by atoms with Gasteiger partial charge in [0.25, 0.3) is 0 Å². The summed E-state index contributed by atoms with van der Waals surface area (Å²) >= 11 is 0. The summed E-state index contributed by atoms with van der Waals surface area (Å²) in [5.41, 5.74) is 7.78. The van der Waals surface area contributed by atoms with Gasteiger partial charge in [-0.2, -0.15) is 0 Å². The van der Waals surface area contributed by atoms with Gasteiger partial charge in [-0.3, -0.25) is 0 Å². The number of benzene rings is 1. The summed E-state index contributed by atoms with van der Waals surface area (Å²) in [5, 5.41) is 0. The van der Waals surface area contributed by atoms with Crippen LogP contribution in [0.5, 0.6) is 11.5 Å². The molecule has 1 rings (SSSR count). The van der Waals surface area contributed by atoms with Crippen molar-refractivity contribution in [3.63, 3.8) is 0 Å². The Morgan fingerprint density at radius 3 is 2.31 bits per heavy atom. The van der Waals surface area contributed by atoms with E-state index in [1.807, 2.05) is 13.0 Å². The number of aryl methyl sites for hydroxylation is 2. The van der Waals surface area contributed by atoms with Gasteiger partial charge >= 0.3 is 0 Å². The van der Waals surface area contributed by atoms with Crippen LogP contribution in [-0.2, 0) is 6.42 Å². The third kappa shape index (κ3) is 3.14. The van der Waals surface area contributed by atoms with E-state index in [0.717, 1.165) is 42.9 Å². The molecule has 0 aromatic heterocycles. The molecule has 0 spiro atoms. The molecule has 3 heteroatoms. The summed E-state index contributed by atoms with van der Waals surface area (Å²) in [6.45, 7) is 2.76. The van der Waals surface area contributed by atoms with Crippen molar-refractivity contribution >= 4 is 0 Å². The first-order valence-electron chi connectivity index (χ1n) is 5.64. The van der Waals surface area contributed by atoms with Crippen LogP contribution in [0.1, 0.15) is 24.0 Å². The normalized spacial score (nSPS) is 10.2. The van der Waals surface area contributed by atoms with Crippen molar-refractivity contribution in [3.8, 4) is 11.5 Å². The van der Waals surface area contributed by atoms with Gasteiger partial charge in [0.05, 0.1) is 14.2 Å². The van der Waals surface area contributed by atoms with Crippen LogP contribution in [0.15, 0.2) is 12.1 Å². The fraction of sp³-hybridized carbons (Fsp3) is 0.538. The Hall–Kier alpha value is -1.22. The van der Waals surface area contributed by atoms with Crippen molar-refractivity contribution in [2.45, 2.75) is 26.2 Å². The van der Waals surface area contributed by atoms with E-state index in [1.165, 1.54) is 5.56 Å². The second-order valence-electron chi connectivity index (χ2n) is 3.88. The van der Waals surface area contributed by atoms with E-state index in [2.05, 4.69) is 6.07 Å². The van der Waals surface area contributed by atoms with Gasteiger partial charge in [-0.15, -0.1) is 0 Å². The largest absolute Gasteiger partial charge is 0.496 e. The van der Waals surface area contributed by atoms with Gasteiger partial charge in [-0.25, -0.2) is 0 Å². The fourth-order valence-corrected chi connectivity index (χ4v) is 1.77. The van der Waals surface area contributed by atoms with E-state index < -0.39 is 0 Å². The Morgan fingerprint density at radius 2 is 1.75 bits per heavy atom. The predicted molar refractivity (Wildman–Crippen MR) is 66.3 cm³/mol. The molecule has 1 aromatic carbocycles. The molecule has 0 bridgehead atoms. The molecule has 0 saturated heterocycles. The van der Waals surface area contributed by atoms with Crippen LogP contribution in [0.2, 0.25) is 0 Å². The molecule has 1 aromatic rings. The van der Waals surface area contributed by atoms with E-state index in [4.69, 9.17) is 15.2 Å².